The molecule has 0 radical (unpaired) electrons. The Morgan fingerprint density at radius 1 is 1.11 bits per heavy atom. The maximum atomic E-state index is 12.8. The number of benzene rings is 1. The van der Waals surface area contributed by atoms with Crippen molar-refractivity contribution in [2.24, 2.45) is 11.8 Å². The fourth-order valence-corrected chi connectivity index (χ4v) is 4.49. The number of carbonyl (C=O) groups excluding carboxylic acids is 1. The summed E-state index contributed by atoms with van der Waals surface area (Å²) in [7, 11) is 1.96. The average Bonchev–Trinajstić information content (AvgIpc) is 2.73. The van der Waals surface area contributed by atoms with Gasteiger partial charge in [-0.3, -0.25) is 4.79 Å². The third-order valence-corrected chi connectivity index (χ3v) is 6.27. The average molecular weight is 373 g/mol. The first-order valence-corrected chi connectivity index (χ1v) is 10.8. The molecular weight excluding hydrogens is 336 g/mol. The zero-order valence-corrected chi connectivity index (χ0v) is 17.2. The fraction of sp³-hybridized carbons (Fsp3) is 0.696. The Labute approximate surface area is 164 Å². The number of anilines is 1. The molecule has 1 amide bonds. The van der Waals surface area contributed by atoms with Crippen LogP contribution in [-0.4, -0.2) is 44.2 Å². The quantitative estimate of drug-likeness (QED) is 0.707. The standard InChI is InChI=1S/C23H36N2O2/c1-3-4-5-19-6-10-21(11-7-19)23(26)24(2)18-20-8-12-22(13-9-20)25-14-16-27-17-15-25/h8-9,12-13,19,21H,3-7,10-11,14-18H2,1-2H3. The van der Waals surface area contributed by atoms with Crippen molar-refractivity contribution in [1.29, 1.82) is 0 Å². The smallest absolute Gasteiger partial charge is 0.225 e. The maximum Gasteiger partial charge on any atom is 0.225 e. The number of nitrogens with zero attached hydrogens (tertiary/aromatic N) is 2. The molecule has 0 unspecified atom stereocenters. The molecule has 27 heavy (non-hydrogen) atoms. The second kappa shape index (κ2) is 10.1. The largest absolute Gasteiger partial charge is 0.378 e. The Bertz CT molecular complexity index is 573. The first-order valence-electron chi connectivity index (χ1n) is 10.8. The third-order valence-electron chi connectivity index (χ3n) is 6.27. The lowest BCUT2D eigenvalue weighted by Crippen LogP contribution is -2.36. The fourth-order valence-electron chi connectivity index (χ4n) is 4.49. The van der Waals surface area contributed by atoms with Crippen LogP contribution >= 0.6 is 0 Å². The van der Waals surface area contributed by atoms with E-state index in [0.717, 1.165) is 45.1 Å². The number of unbranched alkanes of at least 4 members (excludes halogenated alkanes) is 1. The van der Waals surface area contributed by atoms with Crippen molar-refractivity contribution in [2.75, 3.05) is 38.3 Å². The number of morpholine rings is 1. The van der Waals surface area contributed by atoms with Gasteiger partial charge in [-0.15, -0.1) is 0 Å². The highest BCUT2D eigenvalue weighted by molar-refractivity contribution is 5.78. The molecule has 4 nitrogen and oxygen atoms in total. The van der Waals surface area contributed by atoms with E-state index in [1.54, 1.807) is 0 Å². The van der Waals surface area contributed by atoms with Gasteiger partial charge in [0, 0.05) is 38.3 Å². The molecule has 0 bridgehead atoms. The van der Waals surface area contributed by atoms with Crippen LogP contribution in [0.25, 0.3) is 0 Å². The molecule has 150 valence electrons. The highest BCUT2D eigenvalue weighted by atomic mass is 16.5. The summed E-state index contributed by atoms with van der Waals surface area (Å²) in [6, 6.07) is 8.68. The van der Waals surface area contributed by atoms with Crippen molar-refractivity contribution < 1.29 is 9.53 Å². The molecule has 3 rings (SSSR count). The second-order valence-electron chi connectivity index (χ2n) is 8.32. The lowest BCUT2D eigenvalue weighted by Gasteiger charge is -2.31. The first-order chi connectivity index (χ1) is 13.2. The first kappa shape index (κ1) is 20.2. The highest BCUT2D eigenvalue weighted by Crippen LogP contribution is 2.33. The molecule has 0 spiro atoms. The highest BCUT2D eigenvalue weighted by Gasteiger charge is 2.28. The van der Waals surface area contributed by atoms with Crippen molar-refractivity contribution in [3.05, 3.63) is 29.8 Å². The lowest BCUT2D eigenvalue weighted by molar-refractivity contribution is -0.136. The summed E-state index contributed by atoms with van der Waals surface area (Å²) in [6.07, 6.45) is 8.59. The van der Waals surface area contributed by atoms with Crippen LogP contribution in [-0.2, 0) is 16.1 Å². The van der Waals surface area contributed by atoms with Crippen LogP contribution in [0.3, 0.4) is 0 Å². The van der Waals surface area contributed by atoms with Gasteiger partial charge in [-0.1, -0.05) is 38.3 Å². The minimum absolute atomic E-state index is 0.237. The van der Waals surface area contributed by atoms with Crippen molar-refractivity contribution >= 4 is 11.6 Å². The number of ether oxygens (including phenoxy) is 1. The van der Waals surface area contributed by atoms with Gasteiger partial charge in [0.05, 0.1) is 13.2 Å². The summed E-state index contributed by atoms with van der Waals surface area (Å²) in [5.74, 6) is 1.42. The van der Waals surface area contributed by atoms with E-state index in [0.29, 0.717) is 12.5 Å². The summed E-state index contributed by atoms with van der Waals surface area (Å²) >= 11 is 0. The summed E-state index contributed by atoms with van der Waals surface area (Å²) in [5, 5.41) is 0. The van der Waals surface area contributed by atoms with Crippen molar-refractivity contribution in [2.45, 2.75) is 58.4 Å². The molecule has 2 aliphatic rings. The summed E-state index contributed by atoms with van der Waals surface area (Å²) < 4.78 is 5.42. The maximum absolute atomic E-state index is 12.8. The Hall–Kier alpha value is -1.55. The Morgan fingerprint density at radius 2 is 1.78 bits per heavy atom. The predicted molar refractivity (Wildman–Crippen MR) is 111 cm³/mol. The van der Waals surface area contributed by atoms with Gasteiger partial charge in [-0.05, 0) is 49.3 Å². The minimum Gasteiger partial charge on any atom is -0.378 e. The van der Waals surface area contributed by atoms with E-state index in [1.165, 1.54) is 43.4 Å². The number of rotatable bonds is 7. The van der Waals surface area contributed by atoms with Crippen molar-refractivity contribution in [1.82, 2.24) is 4.90 Å². The molecule has 1 heterocycles. The van der Waals surface area contributed by atoms with Crippen LogP contribution in [0.1, 0.15) is 57.4 Å². The van der Waals surface area contributed by atoms with Crippen LogP contribution in [0, 0.1) is 11.8 Å². The normalized spacial score (nSPS) is 23.3. The van der Waals surface area contributed by atoms with Crippen molar-refractivity contribution in [3.63, 3.8) is 0 Å². The lowest BCUT2D eigenvalue weighted by atomic mass is 9.79. The molecule has 2 fully saturated rings. The zero-order chi connectivity index (χ0) is 19.1. The molecule has 1 aromatic rings. The molecule has 4 heteroatoms. The van der Waals surface area contributed by atoms with Gasteiger partial charge in [0.2, 0.25) is 5.91 Å². The molecule has 0 N–H and O–H groups in total. The van der Waals surface area contributed by atoms with Gasteiger partial charge >= 0.3 is 0 Å². The van der Waals surface area contributed by atoms with Crippen LogP contribution in [0.2, 0.25) is 0 Å². The van der Waals surface area contributed by atoms with Crippen molar-refractivity contribution in [3.8, 4) is 0 Å². The topological polar surface area (TPSA) is 32.8 Å². The SMILES string of the molecule is CCCCC1CCC(C(=O)N(C)Cc2ccc(N3CCOCC3)cc2)CC1. The Balaban J connectivity index is 1.46. The molecule has 0 atom stereocenters. The van der Waals surface area contributed by atoms with Crippen LogP contribution in [0.5, 0.6) is 0 Å². The van der Waals surface area contributed by atoms with E-state index in [2.05, 4.69) is 36.1 Å². The Kier molecular flexibility index (Phi) is 7.57. The predicted octanol–water partition coefficient (Wildman–Crippen LogP) is 4.48. The van der Waals surface area contributed by atoms with Gasteiger partial charge in [-0.2, -0.15) is 0 Å². The second-order valence-corrected chi connectivity index (χ2v) is 8.32. The number of hydrogen-bond acceptors (Lipinski definition) is 3. The van der Waals surface area contributed by atoms with Gasteiger partial charge < -0.3 is 14.5 Å². The third kappa shape index (κ3) is 5.71. The van der Waals surface area contributed by atoms with Gasteiger partial charge in [0.1, 0.15) is 0 Å². The van der Waals surface area contributed by atoms with E-state index in [4.69, 9.17) is 4.74 Å². The number of amides is 1. The van der Waals surface area contributed by atoms with E-state index < -0.39 is 0 Å². The molecular formula is C23H36N2O2. The summed E-state index contributed by atoms with van der Waals surface area (Å²) in [5.41, 5.74) is 2.46. The van der Waals surface area contributed by atoms with Crippen LogP contribution in [0.4, 0.5) is 5.69 Å². The van der Waals surface area contributed by atoms with Gasteiger partial charge in [0.15, 0.2) is 0 Å². The summed E-state index contributed by atoms with van der Waals surface area (Å²) in [6.45, 7) is 6.49. The number of carbonyl (C=O) groups is 1. The van der Waals surface area contributed by atoms with E-state index in [1.807, 2.05) is 11.9 Å². The number of hydrogen-bond donors (Lipinski definition) is 0. The van der Waals surface area contributed by atoms with Crippen LogP contribution < -0.4 is 4.90 Å². The molecule has 0 aromatic heterocycles. The zero-order valence-electron chi connectivity index (χ0n) is 17.2. The van der Waals surface area contributed by atoms with E-state index in [9.17, 15) is 4.79 Å². The minimum atomic E-state index is 0.237. The Morgan fingerprint density at radius 3 is 2.41 bits per heavy atom. The molecule has 1 aromatic carbocycles. The molecule has 1 aliphatic heterocycles. The van der Waals surface area contributed by atoms with Gasteiger partial charge in [-0.25, -0.2) is 0 Å². The monoisotopic (exact) mass is 372 g/mol. The molecule has 1 aliphatic carbocycles. The van der Waals surface area contributed by atoms with E-state index >= 15 is 0 Å². The molecule has 1 saturated carbocycles. The van der Waals surface area contributed by atoms with E-state index in [-0.39, 0.29) is 5.92 Å². The summed E-state index contributed by atoms with van der Waals surface area (Å²) in [4.78, 5) is 17.1. The van der Waals surface area contributed by atoms with Gasteiger partial charge in [0.25, 0.3) is 0 Å². The molecule has 1 saturated heterocycles. The van der Waals surface area contributed by atoms with Crippen LogP contribution in [0.15, 0.2) is 24.3 Å².